The van der Waals surface area contributed by atoms with Crippen LogP contribution in [0.1, 0.15) is 27.9 Å². The summed E-state index contributed by atoms with van der Waals surface area (Å²) in [7, 11) is 3.47. The molecule has 0 saturated carbocycles. The lowest BCUT2D eigenvalue weighted by atomic mass is 10.1. The van der Waals surface area contributed by atoms with E-state index in [0.717, 1.165) is 31.1 Å². The van der Waals surface area contributed by atoms with E-state index in [2.05, 4.69) is 40.5 Å². The molecule has 0 aliphatic heterocycles. The van der Waals surface area contributed by atoms with Crippen molar-refractivity contribution >= 4 is 17.3 Å². The minimum absolute atomic E-state index is 0.703. The zero-order valence-electron chi connectivity index (χ0n) is 14.8. The van der Waals surface area contributed by atoms with E-state index in [1.54, 1.807) is 25.5 Å². The van der Waals surface area contributed by atoms with E-state index >= 15 is 0 Å². The third kappa shape index (κ3) is 5.53. The molecule has 0 saturated heterocycles. The Labute approximate surface area is 148 Å². The number of aromatic nitrogens is 1. The number of methoxy groups -OCH3 is 1. The van der Waals surface area contributed by atoms with Gasteiger partial charge in [-0.3, -0.25) is 4.99 Å². The molecule has 0 spiro atoms. The van der Waals surface area contributed by atoms with Crippen LogP contribution in [0.3, 0.4) is 0 Å². The van der Waals surface area contributed by atoms with Gasteiger partial charge in [-0.15, -0.1) is 11.3 Å². The van der Waals surface area contributed by atoms with Crippen LogP contribution in [-0.2, 0) is 19.4 Å². The van der Waals surface area contributed by atoms with Crippen molar-refractivity contribution in [3.8, 4) is 5.75 Å². The quantitative estimate of drug-likeness (QED) is 0.598. The molecule has 1 aromatic heterocycles. The Morgan fingerprint density at radius 3 is 2.79 bits per heavy atom. The lowest BCUT2D eigenvalue weighted by molar-refractivity contribution is 0.414. The van der Waals surface area contributed by atoms with Crippen LogP contribution in [0.5, 0.6) is 5.75 Å². The highest BCUT2D eigenvalue weighted by molar-refractivity contribution is 7.11. The van der Waals surface area contributed by atoms with Crippen molar-refractivity contribution in [3.63, 3.8) is 0 Å². The lowest BCUT2D eigenvalue weighted by Gasteiger charge is -2.12. The molecule has 6 heteroatoms. The predicted molar refractivity (Wildman–Crippen MR) is 101 cm³/mol. The number of nitrogens with one attached hydrogen (secondary N) is 2. The summed E-state index contributed by atoms with van der Waals surface area (Å²) in [6, 6.07) is 6.20. The smallest absolute Gasteiger partial charge is 0.191 e. The number of thiazole rings is 1. The minimum atomic E-state index is 0.703. The first kappa shape index (κ1) is 18.3. The third-order valence-corrected chi connectivity index (χ3v) is 4.81. The van der Waals surface area contributed by atoms with Gasteiger partial charge in [0.1, 0.15) is 5.75 Å². The second kappa shape index (κ2) is 9.27. The van der Waals surface area contributed by atoms with Gasteiger partial charge in [-0.05, 0) is 36.6 Å². The highest BCUT2D eigenvalue weighted by atomic mass is 32.1. The summed E-state index contributed by atoms with van der Waals surface area (Å²) in [5, 5.41) is 7.83. The number of nitrogens with zero attached hydrogens (tertiary/aromatic N) is 2. The molecular formula is C18H26N4OS. The van der Waals surface area contributed by atoms with E-state index in [1.807, 2.05) is 18.3 Å². The lowest BCUT2D eigenvalue weighted by Crippen LogP contribution is -2.37. The zero-order chi connectivity index (χ0) is 17.4. The topological polar surface area (TPSA) is 58.5 Å². The van der Waals surface area contributed by atoms with Crippen molar-refractivity contribution in [2.75, 3.05) is 20.7 Å². The monoisotopic (exact) mass is 346 g/mol. The molecule has 0 amide bonds. The molecule has 0 unspecified atom stereocenters. The molecule has 0 bridgehead atoms. The Morgan fingerprint density at radius 1 is 1.29 bits per heavy atom. The van der Waals surface area contributed by atoms with Crippen molar-refractivity contribution in [1.29, 1.82) is 0 Å². The highest BCUT2D eigenvalue weighted by Crippen LogP contribution is 2.16. The summed E-state index contributed by atoms with van der Waals surface area (Å²) in [4.78, 5) is 10.0. The van der Waals surface area contributed by atoms with Crippen LogP contribution in [0.2, 0.25) is 0 Å². The van der Waals surface area contributed by atoms with Crippen molar-refractivity contribution in [2.24, 2.45) is 4.99 Å². The first-order valence-electron chi connectivity index (χ1n) is 8.17. The molecule has 2 rings (SSSR count). The molecule has 24 heavy (non-hydrogen) atoms. The molecule has 0 fully saturated rings. The molecule has 1 aromatic carbocycles. The number of hydrogen-bond acceptors (Lipinski definition) is 4. The van der Waals surface area contributed by atoms with Crippen LogP contribution in [0, 0.1) is 6.92 Å². The van der Waals surface area contributed by atoms with Gasteiger partial charge in [0, 0.05) is 37.6 Å². The number of aliphatic imine (C=N–C) groups is 1. The maximum Gasteiger partial charge on any atom is 0.191 e. The summed E-state index contributed by atoms with van der Waals surface area (Å²) < 4.78 is 5.31. The fourth-order valence-electron chi connectivity index (χ4n) is 2.37. The van der Waals surface area contributed by atoms with Gasteiger partial charge in [0.25, 0.3) is 0 Å². The van der Waals surface area contributed by atoms with Crippen molar-refractivity contribution in [2.45, 2.75) is 33.2 Å². The Bertz CT molecular complexity index is 681. The number of hydrogen-bond donors (Lipinski definition) is 2. The number of aryl methyl sites for hydroxylation is 2. The first-order chi connectivity index (χ1) is 11.6. The van der Waals surface area contributed by atoms with Crippen LogP contribution in [0.4, 0.5) is 0 Å². The first-order valence-corrected chi connectivity index (χ1v) is 8.99. The van der Waals surface area contributed by atoms with Gasteiger partial charge < -0.3 is 15.4 Å². The second-order valence-corrected chi connectivity index (χ2v) is 6.73. The highest BCUT2D eigenvalue weighted by Gasteiger charge is 2.03. The third-order valence-electron chi connectivity index (χ3n) is 3.61. The van der Waals surface area contributed by atoms with Crippen molar-refractivity contribution in [1.82, 2.24) is 15.6 Å². The van der Waals surface area contributed by atoms with Crippen LogP contribution < -0.4 is 15.4 Å². The van der Waals surface area contributed by atoms with Crippen LogP contribution in [-0.4, -0.2) is 31.6 Å². The normalized spacial score (nSPS) is 11.4. The van der Waals surface area contributed by atoms with Gasteiger partial charge in [0.15, 0.2) is 5.96 Å². The average Bonchev–Trinajstić information content (AvgIpc) is 3.05. The van der Waals surface area contributed by atoms with Crippen LogP contribution in [0.15, 0.2) is 29.4 Å². The van der Waals surface area contributed by atoms with Gasteiger partial charge in [0.05, 0.1) is 12.1 Å². The minimum Gasteiger partial charge on any atom is -0.497 e. The molecule has 0 atom stereocenters. The summed E-state index contributed by atoms with van der Waals surface area (Å²) in [6.45, 7) is 5.74. The van der Waals surface area contributed by atoms with Crippen molar-refractivity contribution in [3.05, 3.63) is 45.4 Å². The predicted octanol–water partition coefficient (Wildman–Crippen LogP) is 2.93. The van der Waals surface area contributed by atoms with E-state index in [0.29, 0.717) is 6.54 Å². The van der Waals surface area contributed by atoms with E-state index in [-0.39, 0.29) is 0 Å². The Balaban J connectivity index is 1.81. The summed E-state index contributed by atoms with van der Waals surface area (Å²) in [6.07, 6.45) is 3.93. The largest absolute Gasteiger partial charge is 0.497 e. The maximum atomic E-state index is 5.31. The van der Waals surface area contributed by atoms with E-state index < -0.39 is 0 Å². The Kier molecular flexibility index (Phi) is 7.06. The standard InChI is InChI=1S/C18H26N4OS/c1-5-16-12-21-17(24-16)6-7-20-18(19-3)22-11-14-8-13(2)9-15(10-14)23-4/h8-10,12H,5-7,11H2,1-4H3,(H2,19,20,22). The molecule has 2 aromatic rings. The van der Waals surface area contributed by atoms with E-state index in [9.17, 15) is 0 Å². The SMILES string of the molecule is CCc1cnc(CCNC(=NC)NCc2cc(C)cc(OC)c2)s1. The van der Waals surface area contributed by atoms with E-state index in [4.69, 9.17) is 4.74 Å². The molecule has 1 heterocycles. The maximum absolute atomic E-state index is 5.31. The fraction of sp³-hybridized carbons (Fsp3) is 0.444. The molecule has 0 aliphatic rings. The average molecular weight is 347 g/mol. The van der Waals surface area contributed by atoms with Gasteiger partial charge in [0.2, 0.25) is 0 Å². The number of benzene rings is 1. The number of ether oxygens (including phenoxy) is 1. The van der Waals surface area contributed by atoms with Crippen LogP contribution >= 0.6 is 11.3 Å². The molecule has 0 radical (unpaired) electrons. The molecule has 130 valence electrons. The molecular weight excluding hydrogens is 320 g/mol. The van der Waals surface area contributed by atoms with Gasteiger partial charge in [-0.1, -0.05) is 13.0 Å². The van der Waals surface area contributed by atoms with Crippen LogP contribution in [0.25, 0.3) is 0 Å². The van der Waals surface area contributed by atoms with Gasteiger partial charge in [-0.2, -0.15) is 0 Å². The Hall–Kier alpha value is -2.08. The van der Waals surface area contributed by atoms with Gasteiger partial charge in [-0.25, -0.2) is 4.98 Å². The molecule has 0 aliphatic carbocycles. The molecule has 2 N–H and O–H groups in total. The second-order valence-electron chi connectivity index (χ2n) is 5.53. The van der Waals surface area contributed by atoms with Crippen molar-refractivity contribution < 1.29 is 4.74 Å². The molecule has 5 nitrogen and oxygen atoms in total. The summed E-state index contributed by atoms with van der Waals surface area (Å²) in [5.41, 5.74) is 2.35. The number of rotatable bonds is 7. The summed E-state index contributed by atoms with van der Waals surface area (Å²) >= 11 is 1.78. The van der Waals surface area contributed by atoms with E-state index in [1.165, 1.54) is 21.0 Å². The Morgan fingerprint density at radius 2 is 2.12 bits per heavy atom. The van der Waals surface area contributed by atoms with Gasteiger partial charge >= 0.3 is 0 Å². The summed E-state index contributed by atoms with van der Waals surface area (Å²) in [5.74, 6) is 1.67. The number of guanidine groups is 1. The fourth-order valence-corrected chi connectivity index (χ4v) is 3.23. The zero-order valence-corrected chi connectivity index (χ0v) is 15.7.